The summed E-state index contributed by atoms with van der Waals surface area (Å²) in [7, 11) is 0. The van der Waals surface area contributed by atoms with Crippen molar-refractivity contribution in [2.45, 2.75) is 91.0 Å². The van der Waals surface area contributed by atoms with E-state index < -0.39 is 34.8 Å². The lowest BCUT2D eigenvalue weighted by atomic mass is 9.86. The Morgan fingerprint density at radius 3 is 2.21 bits per heavy atom. The minimum Gasteiger partial charge on any atom is -0.444 e. The second kappa shape index (κ2) is 10.0. The highest BCUT2D eigenvalue weighted by Crippen LogP contribution is 2.54. The number of amides is 2. The van der Waals surface area contributed by atoms with Crippen LogP contribution in [0.25, 0.3) is 0 Å². The summed E-state index contributed by atoms with van der Waals surface area (Å²) in [5, 5.41) is 14.5. The van der Waals surface area contributed by atoms with Crippen molar-refractivity contribution in [3.63, 3.8) is 0 Å². The molecule has 1 aliphatic rings. The topological polar surface area (TPSA) is 105 Å². The van der Waals surface area contributed by atoms with Gasteiger partial charge in [0.25, 0.3) is 0 Å². The van der Waals surface area contributed by atoms with E-state index in [0.29, 0.717) is 13.0 Å². The molecule has 1 aliphatic carbocycles. The molecule has 0 bridgehead atoms. The molecule has 0 aliphatic heterocycles. The third kappa shape index (κ3) is 7.18. The van der Waals surface area contributed by atoms with Gasteiger partial charge in [-0.25, -0.2) is 4.79 Å². The Hall–Kier alpha value is -2.12. The first-order chi connectivity index (χ1) is 15.1. The Morgan fingerprint density at radius 1 is 1.15 bits per heavy atom. The van der Waals surface area contributed by atoms with Crippen LogP contribution < -0.4 is 11.1 Å². The summed E-state index contributed by atoms with van der Waals surface area (Å²) in [4.78, 5) is 27.5. The first-order valence-electron chi connectivity index (χ1n) is 11.9. The smallest absolute Gasteiger partial charge is 0.410 e. The van der Waals surface area contributed by atoms with Gasteiger partial charge in [0.15, 0.2) is 0 Å². The largest absolute Gasteiger partial charge is 0.444 e. The van der Waals surface area contributed by atoms with Crippen molar-refractivity contribution in [3.05, 3.63) is 35.9 Å². The maximum atomic E-state index is 13.1. The summed E-state index contributed by atoms with van der Waals surface area (Å²) >= 11 is 0. The lowest BCUT2D eigenvalue weighted by molar-refractivity contribution is -0.126. The maximum absolute atomic E-state index is 13.1. The Kier molecular flexibility index (Phi) is 8.23. The zero-order chi connectivity index (χ0) is 25.2. The maximum Gasteiger partial charge on any atom is 0.410 e. The molecule has 1 saturated carbocycles. The molecule has 0 saturated heterocycles. The first-order valence-corrected chi connectivity index (χ1v) is 11.9. The number of carbonyl (C=O) groups excluding carboxylic acids is 2. The fourth-order valence-electron chi connectivity index (χ4n) is 4.03. The normalized spacial score (nSPS) is 22.5. The number of hydrogen-bond donors (Lipinski definition) is 3. The van der Waals surface area contributed by atoms with Crippen LogP contribution in [0.3, 0.4) is 0 Å². The van der Waals surface area contributed by atoms with Crippen LogP contribution in [0.15, 0.2) is 30.3 Å². The fraction of sp³-hybridized carbons (Fsp3) is 0.692. The quantitative estimate of drug-likeness (QED) is 0.548. The standard InChI is InChI=1S/C26H43N3O4/c1-17(2)15-29(23(32)33-25(6,7)8)16-20(30)26(28-22(31)21(27)24(3,4)5)14-19(26)18-12-10-9-11-13-18/h9-13,17,19-21,30H,14-16,27H2,1-8H3,(H,28,31)/t19?,20-,21-,26+/m1/s1. The van der Waals surface area contributed by atoms with E-state index in [2.05, 4.69) is 5.32 Å². The van der Waals surface area contributed by atoms with E-state index in [1.165, 1.54) is 0 Å². The zero-order valence-electron chi connectivity index (χ0n) is 21.5. The summed E-state index contributed by atoms with van der Waals surface area (Å²) in [6, 6.07) is 9.09. The van der Waals surface area contributed by atoms with Gasteiger partial charge < -0.3 is 25.8 Å². The highest BCUT2D eigenvalue weighted by atomic mass is 16.6. The minimum atomic E-state index is -0.981. The number of nitrogens with two attached hydrogens (primary N) is 1. The van der Waals surface area contributed by atoms with Crippen LogP contribution in [0.4, 0.5) is 4.79 Å². The van der Waals surface area contributed by atoms with Gasteiger partial charge in [0.05, 0.1) is 24.2 Å². The molecule has 1 fully saturated rings. The SMILES string of the molecule is CC(C)CN(C[C@@H](O)[C@]1(NC(=O)[C@@H](N)C(C)(C)C)CC1c1ccccc1)C(=O)OC(C)(C)C. The van der Waals surface area contributed by atoms with Crippen LogP contribution in [-0.2, 0) is 9.53 Å². The summed E-state index contributed by atoms with van der Waals surface area (Å²) < 4.78 is 5.58. The van der Waals surface area contributed by atoms with Gasteiger partial charge in [-0.1, -0.05) is 65.0 Å². The lowest BCUT2D eigenvalue weighted by Crippen LogP contribution is -2.58. The number of aliphatic hydroxyl groups is 1. The highest BCUT2D eigenvalue weighted by Gasteiger charge is 2.61. The molecule has 7 heteroatoms. The molecule has 0 spiro atoms. The fourth-order valence-corrected chi connectivity index (χ4v) is 4.03. The third-order valence-corrected chi connectivity index (χ3v) is 6.00. The molecule has 1 aromatic carbocycles. The van der Waals surface area contributed by atoms with Gasteiger partial charge in [0, 0.05) is 12.5 Å². The number of hydrogen-bond acceptors (Lipinski definition) is 5. The summed E-state index contributed by atoms with van der Waals surface area (Å²) in [5.41, 5.74) is 5.30. The average Bonchev–Trinajstić information content (AvgIpc) is 3.40. The van der Waals surface area contributed by atoms with Gasteiger partial charge in [-0.15, -0.1) is 0 Å². The van der Waals surface area contributed by atoms with E-state index in [1.54, 1.807) is 4.90 Å². The Balaban J connectivity index is 2.30. The number of nitrogens with zero attached hydrogens (tertiary/aromatic N) is 1. The van der Waals surface area contributed by atoms with Crippen molar-refractivity contribution >= 4 is 12.0 Å². The van der Waals surface area contributed by atoms with Crippen molar-refractivity contribution in [2.75, 3.05) is 13.1 Å². The van der Waals surface area contributed by atoms with Crippen LogP contribution in [0.2, 0.25) is 0 Å². The summed E-state index contributed by atoms with van der Waals surface area (Å²) in [6.45, 7) is 15.7. The van der Waals surface area contributed by atoms with Crippen molar-refractivity contribution in [1.29, 1.82) is 0 Å². The molecule has 2 rings (SSSR count). The molecule has 4 N–H and O–H groups in total. The molecule has 2 amide bonds. The molecule has 0 radical (unpaired) electrons. The number of benzene rings is 1. The molecule has 33 heavy (non-hydrogen) atoms. The molecule has 7 nitrogen and oxygen atoms in total. The Morgan fingerprint density at radius 2 is 1.73 bits per heavy atom. The molecule has 4 atom stereocenters. The van der Waals surface area contributed by atoms with Crippen LogP contribution in [0.5, 0.6) is 0 Å². The number of carbonyl (C=O) groups is 2. The molecular formula is C26H43N3O4. The zero-order valence-corrected chi connectivity index (χ0v) is 21.5. The highest BCUT2D eigenvalue weighted by molar-refractivity contribution is 5.84. The van der Waals surface area contributed by atoms with Gasteiger partial charge in [-0.2, -0.15) is 0 Å². The van der Waals surface area contributed by atoms with Gasteiger partial charge in [-0.3, -0.25) is 4.79 Å². The van der Waals surface area contributed by atoms with Gasteiger partial charge in [0.1, 0.15) is 5.60 Å². The van der Waals surface area contributed by atoms with Crippen molar-refractivity contribution in [3.8, 4) is 0 Å². The van der Waals surface area contributed by atoms with Crippen molar-refractivity contribution < 1.29 is 19.4 Å². The van der Waals surface area contributed by atoms with E-state index in [1.807, 2.05) is 85.7 Å². The van der Waals surface area contributed by atoms with E-state index in [9.17, 15) is 14.7 Å². The Bertz CT molecular complexity index is 813. The van der Waals surface area contributed by atoms with Crippen LogP contribution in [0.1, 0.15) is 73.3 Å². The lowest BCUT2D eigenvalue weighted by Gasteiger charge is -2.35. The van der Waals surface area contributed by atoms with E-state index in [4.69, 9.17) is 10.5 Å². The van der Waals surface area contributed by atoms with E-state index in [0.717, 1.165) is 5.56 Å². The number of aliphatic hydroxyl groups excluding tert-OH is 1. The van der Waals surface area contributed by atoms with Crippen molar-refractivity contribution in [1.82, 2.24) is 10.2 Å². The van der Waals surface area contributed by atoms with Gasteiger partial charge in [-0.05, 0) is 44.1 Å². The summed E-state index contributed by atoms with van der Waals surface area (Å²) in [5.74, 6) is -0.175. The monoisotopic (exact) mass is 461 g/mol. The molecule has 186 valence electrons. The Labute approximate surface area is 199 Å². The molecule has 1 aromatic rings. The molecular weight excluding hydrogens is 418 g/mol. The number of ether oxygens (including phenoxy) is 1. The summed E-state index contributed by atoms with van der Waals surface area (Å²) in [6.07, 6.45) is -0.880. The molecule has 0 aromatic heterocycles. The third-order valence-electron chi connectivity index (χ3n) is 6.00. The van der Waals surface area contributed by atoms with E-state index >= 15 is 0 Å². The van der Waals surface area contributed by atoms with E-state index in [-0.39, 0.29) is 24.3 Å². The van der Waals surface area contributed by atoms with Gasteiger partial charge in [0.2, 0.25) is 5.91 Å². The average molecular weight is 462 g/mol. The van der Waals surface area contributed by atoms with Crippen LogP contribution in [0, 0.1) is 11.3 Å². The first kappa shape index (κ1) is 27.1. The predicted molar refractivity (Wildman–Crippen MR) is 131 cm³/mol. The second-order valence-electron chi connectivity index (χ2n) is 11.8. The van der Waals surface area contributed by atoms with Crippen LogP contribution >= 0.6 is 0 Å². The second-order valence-corrected chi connectivity index (χ2v) is 11.8. The number of rotatable bonds is 8. The van der Waals surface area contributed by atoms with Crippen molar-refractivity contribution in [2.24, 2.45) is 17.1 Å². The minimum absolute atomic E-state index is 0.0570. The molecule has 0 heterocycles. The predicted octanol–water partition coefficient (Wildman–Crippen LogP) is 3.66. The van der Waals surface area contributed by atoms with Crippen LogP contribution in [-0.4, -0.2) is 58.4 Å². The van der Waals surface area contributed by atoms with Gasteiger partial charge >= 0.3 is 6.09 Å². The number of nitrogens with one attached hydrogen (secondary N) is 1. The molecule has 1 unspecified atom stereocenters.